The first-order valence-electron chi connectivity index (χ1n) is 8.29. The van der Waals surface area contributed by atoms with E-state index in [-0.39, 0.29) is 0 Å². The second kappa shape index (κ2) is 10.2. The van der Waals surface area contributed by atoms with Gasteiger partial charge in [-0.15, -0.1) is 0 Å². The van der Waals surface area contributed by atoms with Gasteiger partial charge in [0, 0.05) is 25.6 Å². The summed E-state index contributed by atoms with van der Waals surface area (Å²) in [6.45, 7) is 7.33. The molecule has 0 radical (unpaired) electrons. The van der Waals surface area contributed by atoms with Crippen LogP contribution in [0.15, 0.2) is 0 Å². The topological polar surface area (TPSA) is 32.3 Å². The molecule has 0 saturated carbocycles. The van der Waals surface area contributed by atoms with Crippen LogP contribution >= 0.6 is 0 Å². The molecule has 3 nitrogen and oxygen atoms in total. The molecule has 1 aliphatic heterocycles. The fourth-order valence-corrected chi connectivity index (χ4v) is 2.79. The van der Waals surface area contributed by atoms with E-state index in [1.807, 2.05) is 0 Å². The largest absolute Gasteiger partial charge is 0.341 e. The first kappa shape index (κ1) is 16.5. The lowest BCUT2D eigenvalue weighted by atomic mass is 10.0. The van der Waals surface area contributed by atoms with Crippen molar-refractivity contribution in [2.75, 3.05) is 19.6 Å². The fraction of sp³-hybridized carbons (Fsp3) is 0.938. The molecule has 0 bridgehead atoms. The van der Waals surface area contributed by atoms with Crippen molar-refractivity contribution in [2.24, 2.45) is 0 Å². The number of carbonyl (C=O) groups is 1. The quantitative estimate of drug-likeness (QED) is 0.651. The summed E-state index contributed by atoms with van der Waals surface area (Å²) >= 11 is 0. The summed E-state index contributed by atoms with van der Waals surface area (Å²) in [5.74, 6) is 0.366. The molecule has 1 rings (SSSR count). The maximum absolute atomic E-state index is 12.3. The Kier molecular flexibility index (Phi) is 8.89. The van der Waals surface area contributed by atoms with Crippen molar-refractivity contribution in [3.63, 3.8) is 0 Å². The summed E-state index contributed by atoms with van der Waals surface area (Å²) in [6.07, 6.45) is 10.4. The van der Waals surface area contributed by atoms with E-state index in [4.69, 9.17) is 0 Å². The highest BCUT2D eigenvalue weighted by Crippen LogP contribution is 2.11. The van der Waals surface area contributed by atoms with Gasteiger partial charge in [-0.05, 0) is 32.2 Å². The molecule has 0 aromatic rings. The van der Waals surface area contributed by atoms with Gasteiger partial charge in [-0.3, -0.25) is 4.79 Å². The zero-order chi connectivity index (χ0) is 13.9. The molecule has 1 unspecified atom stereocenters. The van der Waals surface area contributed by atoms with E-state index in [1.165, 1.54) is 38.5 Å². The SMILES string of the molecule is CCCCCCC(=O)N(CCC)CC1CCCCN1. The van der Waals surface area contributed by atoms with Gasteiger partial charge >= 0.3 is 0 Å². The molecule has 1 saturated heterocycles. The van der Waals surface area contributed by atoms with Crippen molar-refractivity contribution in [3.8, 4) is 0 Å². The number of hydrogen-bond donors (Lipinski definition) is 1. The lowest BCUT2D eigenvalue weighted by Gasteiger charge is -2.30. The molecule has 0 aromatic carbocycles. The average molecular weight is 268 g/mol. The van der Waals surface area contributed by atoms with E-state index < -0.39 is 0 Å². The van der Waals surface area contributed by atoms with Gasteiger partial charge in [0.2, 0.25) is 5.91 Å². The Bertz CT molecular complexity index is 237. The molecule has 112 valence electrons. The van der Waals surface area contributed by atoms with E-state index in [0.29, 0.717) is 11.9 Å². The molecule has 1 amide bonds. The third-order valence-corrected chi connectivity index (χ3v) is 3.94. The number of hydrogen-bond acceptors (Lipinski definition) is 2. The molecule has 1 aliphatic rings. The zero-order valence-electron chi connectivity index (χ0n) is 12.9. The van der Waals surface area contributed by atoms with Crippen molar-refractivity contribution in [3.05, 3.63) is 0 Å². The van der Waals surface area contributed by atoms with E-state index in [2.05, 4.69) is 24.1 Å². The second-order valence-corrected chi connectivity index (χ2v) is 5.80. The van der Waals surface area contributed by atoms with E-state index in [9.17, 15) is 4.79 Å². The zero-order valence-corrected chi connectivity index (χ0v) is 12.9. The number of piperidine rings is 1. The number of nitrogens with zero attached hydrogens (tertiary/aromatic N) is 1. The first-order chi connectivity index (χ1) is 9.27. The summed E-state index contributed by atoms with van der Waals surface area (Å²) < 4.78 is 0. The van der Waals surface area contributed by atoms with Crippen LogP contribution in [0.1, 0.15) is 71.6 Å². The van der Waals surface area contributed by atoms with Gasteiger partial charge in [0.25, 0.3) is 0 Å². The van der Waals surface area contributed by atoms with E-state index in [1.54, 1.807) is 0 Å². The fourth-order valence-electron chi connectivity index (χ4n) is 2.79. The van der Waals surface area contributed by atoms with Crippen molar-refractivity contribution < 1.29 is 4.79 Å². The third kappa shape index (κ3) is 6.95. The maximum Gasteiger partial charge on any atom is 0.222 e. The number of rotatable bonds is 9. The minimum Gasteiger partial charge on any atom is -0.341 e. The Labute approximate surface area is 119 Å². The van der Waals surface area contributed by atoms with Crippen LogP contribution in [0.2, 0.25) is 0 Å². The monoisotopic (exact) mass is 268 g/mol. The average Bonchev–Trinajstić information content (AvgIpc) is 2.44. The first-order valence-corrected chi connectivity index (χ1v) is 8.29. The predicted molar refractivity (Wildman–Crippen MR) is 81.3 cm³/mol. The summed E-state index contributed by atoms with van der Waals surface area (Å²) in [5.41, 5.74) is 0. The highest BCUT2D eigenvalue weighted by Gasteiger charge is 2.19. The molecule has 3 heteroatoms. The van der Waals surface area contributed by atoms with Crippen LogP contribution in [0.4, 0.5) is 0 Å². The van der Waals surface area contributed by atoms with Crippen LogP contribution in [0, 0.1) is 0 Å². The lowest BCUT2D eigenvalue weighted by Crippen LogP contribution is -2.46. The molecule has 0 aromatic heterocycles. The van der Waals surface area contributed by atoms with E-state index >= 15 is 0 Å². The molecule has 0 aliphatic carbocycles. The van der Waals surface area contributed by atoms with Gasteiger partial charge < -0.3 is 10.2 Å². The maximum atomic E-state index is 12.3. The Balaban J connectivity index is 2.30. The van der Waals surface area contributed by atoms with Crippen LogP contribution in [0.25, 0.3) is 0 Å². The number of amides is 1. The van der Waals surface area contributed by atoms with Crippen molar-refractivity contribution >= 4 is 5.91 Å². The third-order valence-electron chi connectivity index (χ3n) is 3.94. The van der Waals surface area contributed by atoms with Crippen molar-refractivity contribution in [1.82, 2.24) is 10.2 Å². The smallest absolute Gasteiger partial charge is 0.222 e. The minimum atomic E-state index is 0.366. The van der Waals surface area contributed by atoms with Crippen LogP contribution in [0.5, 0.6) is 0 Å². The molecular formula is C16H32N2O. The minimum absolute atomic E-state index is 0.366. The molecular weight excluding hydrogens is 236 g/mol. The summed E-state index contributed by atoms with van der Waals surface area (Å²) in [6, 6.07) is 0.528. The van der Waals surface area contributed by atoms with Crippen molar-refractivity contribution in [2.45, 2.75) is 77.7 Å². The van der Waals surface area contributed by atoms with Crippen LogP contribution in [-0.2, 0) is 4.79 Å². The number of nitrogens with one attached hydrogen (secondary N) is 1. The second-order valence-electron chi connectivity index (χ2n) is 5.80. The number of carbonyl (C=O) groups excluding carboxylic acids is 1. The van der Waals surface area contributed by atoms with Gasteiger partial charge in [-0.1, -0.05) is 39.5 Å². The highest BCUT2D eigenvalue weighted by atomic mass is 16.2. The van der Waals surface area contributed by atoms with Crippen LogP contribution < -0.4 is 5.32 Å². The van der Waals surface area contributed by atoms with Gasteiger partial charge in [0.1, 0.15) is 0 Å². The standard InChI is InChI=1S/C16H32N2O/c1-3-5-6-7-11-16(19)18(13-4-2)14-15-10-8-9-12-17-15/h15,17H,3-14H2,1-2H3. The molecule has 1 N–H and O–H groups in total. The molecule has 0 spiro atoms. The molecule has 1 heterocycles. The molecule has 1 atom stereocenters. The van der Waals surface area contributed by atoms with Crippen molar-refractivity contribution in [1.29, 1.82) is 0 Å². The predicted octanol–water partition coefficient (Wildman–Crippen LogP) is 3.34. The number of unbranched alkanes of at least 4 members (excludes halogenated alkanes) is 3. The Morgan fingerprint density at radius 2 is 2.00 bits per heavy atom. The lowest BCUT2D eigenvalue weighted by molar-refractivity contribution is -0.131. The van der Waals surface area contributed by atoms with Gasteiger partial charge in [0.15, 0.2) is 0 Å². The van der Waals surface area contributed by atoms with Crippen LogP contribution in [0.3, 0.4) is 0 Å². The van der Waals surface area contributed by atoms with Gasteiger partial charge in [-0.2, -0.15) is 0 Å². The molecule has 19 heavy (non-hydrogen) atoms. The summed E-state index contributed by atoms with van der Waals surface area (Å²) in [4.78, 5) is 14.4. The summed E-state index contributed by atoms with van der Waals surface area (Å²) in [5, 5.41) is 3.55. The van der Waals surface area contributed by atoms with Crippen LogP contribution in [-0.4, -0.2) is 36.5 Å². The van der Waals surface area contributed by atoms with Gasteiger partial charge in [-0.25, -0.2) is 0 Å². The van der Waals surface area contributed by atoms with Gasteiger partial charge in [0.05, 0.1) is 0 Å². The normalized spacial score (nSPS) is 19.4. The Hall–Kier alpha value is -0.570. The Morgan fingerprint density at radius 1 is 1.16 bits per heavy atom. The highest BCUT2D eigenvalue weighted by molar-refractivity contribution is 5.76. The van der Waals surface area contributed by atoms with E-state index in [0.717, 1.165) is 38.9 Å². The summed E-state index contributed by atoms with van der Waals surface area (Å²) in [7, 11) is 0. The Morgan fingerprint density at radius 3 is 2.63 bits per heavy atom. The molecule has 1 fully saturated rings.